The summed E-state index contributed by atoms with van der Waals surface area (Å²) in [6, 6.07) is 6.44. The van der Waals surface area contributed by atoms with E-state index in [2.05, 4.69) is 46.9 Å². The Morgan fingerprint density at radius 1 is 1.26 bits per heavy atom. The first kappa shape index (κ1) is 17.7. The van der Waals surface area contributed by atoms with Crippen LogP contribution in [0.5, 0.6) is 0 Å². The second-order valence-corrected chi connectivity index (χ2v) is 6.83. The van der Waals surface area contributed by atoms with Crippen molar-refractivity contribution >= 4 is 17.4 Å². The van der Waals surface area contributed by atoms with Gasteiger partial charge in [0.05, 0.1) is 0 Å². The van der Waals surface area contributed by atoms with Crippen LogP contribution in [0.1, 0.15) is 20.8 Å². The van der Waals surface area contributed by atoms with Gasteiger partial charge in [-0.2, -0.15) is 14.5 Å². The fourth-order valence-electron chi connectivity index (χ4n) is 3.53. The Balaban J connectivity index is 1.85. The van der Waals surface area contributed by atoms with Crippen LogP contribution in [-0.4, -0.2) is 63.3 Å². The lowest BCUT2D eigenvalue weighted by Crippen LogP contribution is -2.50. The van der Waals surface area contributed by atoms with Crippen molar-refractivity contribution < 1.29 is 0 Å². The topological polar surface area (TPSA) is 74.5 Å². The molecule has 3 aromatic rings. The highest BCUT2D eigenvalue weighted by atomic mass is 15.4. The van der Waals surface area contributed by atoms with E-state index in [1.165, 1.54) is 0 Å². The number of aromatic nitrogens is 5. The summed E-state index contributed by atoms with van der Waals surface area (Å²) in [6.45, 7) is 11.1. The maximum atomic E-state index is 4.79. The number of hydrogen-bond donors (Lipinski definition) is 1. The Morgan fingerprint density at radius 3 is 2.81 bits per heavy atom. The van der Waals surface area contributed by atoms with Gasteiger partial charge in [-0.25, -0.2) is 0 Å². The SMILES string of the molecule is CCN(CC)c1cc(N2CCNC(C)C2)n2nc(-c3cccnc3)nc2n1. The number of piperazine rings is 1. The molecule has 0 bridgehead atoms. The molecule has 0 radical (unpaired) electrons. The summed E-state index contributed by atoms with van der Waals surface area (Å²) in [5.74, 6) is 3.26. The molecule has 4 rings (SSSR count). The van der Waals surface area contributed by atoms with E-state index in [1.54, 1.807) is 12.4 Å². The van der Waals surface area contributed by atoms with Gasteiger partial charge in [0, 0.05) is 62.8 Å². The molecule has 142 valence electrons. The van der Waals surface area contributed by atoms with E-state index in [-0.39, 0.29) is 0 Å². The first-order valence-electron chi connectivity index (χ1n) is 9.61. The Kier molecular flexibility index (Phi) is 4.89. The Hall–Kier alpha value is -2.74. The van der Waals surface area contributed by atoms with Gasteiger partial charge >= 0.3 is 0 Å². The average molecular weight is 366 g/mol. The first-order valence-corrected chi connectivity index (χ1v) is 9.61. The number of fused-ring (bicyclic) bond motifs is 1. The van der Waals surface area contributed by atoms with Gasteiger partial charge in [-0.1, -0.05) is 0 Å². The third-order valence-electron chi connectivity index (χ3n) is 4.98. The minimum absolute atomic E-state index is 0.431. The molecule has 0 aromatic carbocycles. The van der Waals surface area contributed by atoms with E-state index >= 15 is 0 Å². The molecule has 0 spiro atoms. The maximum absolute atomic E-state index is 4.79. The summed E-state index contributed by atoms with van der Waals surface area (Å²) in [5, 5.41) is 8.26. The summed E-state index contributed by atoms with van der Waals surface area (Å²) in [4.78, 5) is 18.3. The molecule has 1 saturated heterocycles. The number of rotatable bonds is 5. The third-order valence-corrected chi connectivity index (χ3v) is 4.98. The summed E-state index contributed by atoms with van der Waals surface area (Å²) >= 11 is 0. The van der Waals surface area contributed by atoms with Gasteiger partial charge in [-0.05, 0) is 32.9 Å². The van der Waals surface area contributed by atoms with E-state index in [4.69, 9.17) is 15.1 Å². The highest BCUT2D eigenvalue weighted by molar-refractivity contribution is 5.61. The van der Waals surface area contributed by atoms with Gasteiger partial charge in [-0.3, -0.25) is 4.98 Å². The van der Waals surface area contributed by atoms with Crippen LogP contribution in [0.3, 0.4) is 0 Å². The largest absolute Gasteiger partial charge is 0.357 e. The molecule has 0 aliphatic carbocycles. The summed E-state index contributed by atoms with van der Waals surface area (Å²) in [6.07, 6.45) is 3.54. The summed E-state index contributed by atoms with van der Waals surface area (Å²) in [5.41, 5.74) is 0.895. The van der Waals surface area contributed by atoms with Crippen molar-refractivity contribution in [3.63, 3.8) is 0 Å². The van der Waals surface area contributed by atoms with Crippen LogP contribution in [0.15, 0.2) is 30.6 Å². The third kappa shape index (κ3) is 3.44. The first-order chi connectivity index (χ1) is 13.2. The van der Waals surface area contributed by atoms with Crippen molar-refractivity contribution in [2.24, 2.45) is 0 Å². The Bertz CT molecular complexity index is 903. The van der Waals surface area contributed by atoms with Crippen LogP contribution in [0.25, 0.3) is 17.2 Å². The number of hydrogen-bond acceptors (Lipinski definition) is 7. The standard InChI is InChI=1S/C19H26N8/c1-4-25(5-2)16-11-17(26-10-9-21-14(3)13-26)27-19(22-16)23-18(24-27)15-7-6-8-20-12-15/h6-8,11-12,14,21H,4-5,9-10,13H2,1-3H3. The fraction of sp³-hybridized carbons (Fsp3) is 0.474. The lowest BCUT2D eigenvalue weighted by molar-refractivity contribution is 0.480. The number of anilines is 2. The number of pyridine rings is 1. The second kappa shape index (κ2) is 7.48. The molecule has 1 aliphatic rings. The van der Waals surface area contributed by atoms with Crippen molar-refractivity contribution in [3.05, 3.63) is 30.6 Å². The van der Waals surface area contributed by atoms with E-state index in [0.29, 0.717) is 17.6 Å². The van der Waals surface area contributed by atoms with E-state index in [0.717, 1.165) is 49.9 Å². The predicted octanol–water partition coefficient (Wildman–Crippen LogP) is 1.83. The predicted molar refractivity (Wildman–Crippen MR) is 107 cm³/mol. The average Bonchev–Trinajstić information content (AvgIpc) is 3.13. The molecule has 1 atom stereocenters. The van der Waals surface area contributed by atoms with Crippen LogP contribution in [-0.2, 0) is 0 Å². The van der Waals surface area contributed by atoms with Crippen molar-refractivity contribution in [3.8, 4) is 11.4 Å². The van der Waals surface area contributed by atoms with Gasteiger partial charge in [0.25, 0.3) is 5.78 Å². The molecular weight excluding hydrogens is 340 g/mol. The minimum Gasteiger partial charge on any atom is -0.357 e. The van der Waals surface area contributed by atoms with Crippen LogP contribution in [0, 0.1) is 0 Å². The molecule has 0 amide bonds. The highest BCUT2D eigenvalue weighted by Gasteiger charge is 2.22. The molecule has 27 heavy (non-hydrogen) atoms. The van der Waals surface area contributed by atoms with Crippen molar-refractivity contribution in [1.29, 1.82) is 0 Å². The van der Waals surface area contributed by atoms with Gasteiger partial charge in [0.15, 0.2) is 5.82 Å². The molecule has 3 aromatic heterocycles. The fourth-order valence-corrected chi connectivity index (χ4v) is 3.53. The molecule has 8 nitrogen and oxygen atoms in total. The Labute approximate surface area is 159 Å². The van der Waals surface area contributed by atoms with Crippen LogP contribution >= 0.6 is 0 Å². The minimum atomic E-state index is 0.431. The summed E-state index contributed by atoms with van der Waals surface area (Å²) in [7, 11) is 0. The lowest BCUT2D eigenvalue weighted by atomic mass is 10.2. The smallest absolute Gasteiger partial charge is 0.256 e. The molecule has 4 heterocycles. The van der Waals surface area contributed by atoms with Crippen LogP contribution in [0.2, 0.25) is 0 Å². The van der Waals surface area contributed by atoms with E-state index in [9.17, 15) is 0 Å². The summed E-state index contributed by atoms with van der Waals surface area (Å²) < 4.78 is 1.87. The highest BCUT2D eigenvalue weighted by Crippen LogP contribution is 2.25. The van der Waals surface area contributed by atoms with Crippen LogP contribution in [0.4, 0.5) is 11.6 Å². The zero-order chi connectivity index (χ0) is 18.8. The van der Waals surface area contributed by atoms with Gasteiger partial charge < -0.3 is 15.1 Å². The van der Waals surface area contributed by atoms with Gasteiger partial charge in [0.2, 0.25) is 0 Å². The molecule has 8 heteroatoms. The van der Waals surface area contributed by atoms with Crippen LogP contribution < -0.4 is 15.1 Å². The van der Waals surface area contributed by atoms with E-state index in [1.807, 2.05) is 16.6 Å². The monoisotopic (exact) mass is 366 g/mol. The van der Waals surface area contributed by atoms with E-state index < -0.39 is 0 Å². The molecule has 1 unspecified atom stereocenters. The van der Waals surface area contributed by atoms with Crippen molar-refractivity contribution in [2.75, 3.05) is 42.5 Å². The zero-order valence-electron chi connectivity index (χ0n) is 16.1. The second-order valence-electron chi connectivity index (χ2n) is 6.83. The van der Waals surface area contributed by atoms with Crippen molar-refractivity contribution in [2.45, 2.75) is 26.8 Å². The number of nitrogens with zero attached hydrogens (tertiary/aromatic N) is 7. The zero-order valence-corrected chi connectivity index (χ0v) is 16.1. The molecule has 0 saturated carbocycles. The Morgan fingerprint density at radius 2 is 2.11 bits per heavy atom. The maximum Gasteiger partial charge on any atom is 0.256 e. The quantitative estimate of drug-likeness (QED) is 0.738. The molecule has 1 fully saturated rings. The molecule has 1 aliphatic heterocycles. The molecule has 1 N–H and O–H groups in total. The molecular formula is C19H26N8. The van der Waals surface area contributed by atoms with Crippen molar-refractivity contribution in [1.82, 2.24) is 29.9 Å². The van der Waals surface area contributed by atoms with Gasteiger partial charge in [-0.15, -0.1) is 5.10 Å². The lowest BCUT2D eigenvalue weighted by Gasteiger charge is -2.34. The van der Waals surface area contributed by atoms with Gasteiger partial charge in [0.1, 0.15) is 11.6 Å². The normalized spacial score (nSPS) is 17.4. The number of nitrogens with one attached hydrogen (secondary N) is 1.